The van der Waals surface area contributed by atoms with Crippen LogP contribution in [0.25, 0.3) is 0 Å². The molecule has 0 saturated heterocycles. The van der Waals surface area contributed by atoms with E-state index in [4.69, 9.17) is 14.2 Å². The number of carbonyl (C=O) groups excluding carboxylic acids is 1. The van der Waals surface area contributed by atoms with E-state index in [2.05, 4.69) is 31.6 Å². The van der Waals surface area contributed by atoms with Crippen LogP contribution in [0.5, 0.6) is 17.2 Å². The highest BCUT2D eigenvalue weighted by Crippen LogP contribution is 2.37. The molecule has 172 valence electrons. The Balaban J connectivity index is 1.79. The summed E-state index contributed by atoms with van der Waals surface area (Å²) in [5.74, 6) is 0.407. The fourth-order valence-electron chi connectivity index (χ4n) is 3.00. The number of rotatable bonds is 9. The number of nitrogens with one attached hydrogen (secondary N) is 1. The predicted octanol–water partition coefficient (Wildman–Crippen LogP) is 3.39. The van der Waals surface area contributed by atoms with Crippen molar-refractivity contribution in [2.24, 2.45) is 5.10 Å². The largest absolute Gasteiger partial charge is 0.493 e. The summed E-state index contributed by atoms with van der Waals surface area (Å²) < 4.78 is 18.0. The van der Waals surface area contributed by atoms with Crippen LogP contribution in [0.15, 0.2) is 52.2 Å². The normalized spacial score (nSPS) is 10.8. The van der Waals surface area contributed by atoms with Gasteiger partial charge in [-0.3, -0.25) is 19.6 Å². The molecule has 0 aliphatic rings. The van der Waals surface area contributed by atoms with Gasteiger partial charge in [-0.05, 0) is 29.8 Å². The molecule has 1 amide bonds. The summed E-state index contributed by atoms with van der Waals surface area (Å²) in [4.78, 5) is 23.3. The molecule has 2 aromatic carbocycles. The van der Waals surface area contributed by atoms with Gasteiger partial charge in [-0.1, -0.05) is 28.1 Å². The Morgan fingerprint density at radius 3 is 2.48 bits per heavy atom. The second kappa shape index (κ2) is 10.6. The number of nitro groups is 1. The summed E-state index contributed by atoms with van der Waals surface area (Å²) >= 11 is 3.37. The van der Waals surface area contributed by atoms with Crippen LogP contribution < -0.4 is 19.6 Å². The Morgan fingerprint density at radius 2 is 1.91 bits per heavy atom. The predicted molar refractivity (Wildman–Crippen MR) is 123 cm³/mol. The molecule has 11 nitrogen and oxygen atoms in total. The maximum Gasteiger partial charge on any atom is 0.320 e. The third-order valence-electron chi connectivity index (χ3n) is 4.45. The number of methoxy groups -OCH3 is 3. The van der Waals surface area contributed by atoms with Crippen LogP contribution in [0.2, 0.25) is 0 Å². The molecule has 12 heteroatoms. The van der Waals surface area contributed by atoms with Crippen molar-refractivity contribution in [2.45, 2.75) is 6.54 Å². The molecule has 3 rings (SSSR count). The van der Waals surface area contributed by atoms with Gasteiger partial charge in [-0.15, -0.1) is 0 Å². The minimum atomic E-state index is -0.821. The molecule has 0 atom stereocenters. The molecule has 0 bridgehead atoms. The van der Waals surface area contributed by atoms with E-state index in [0.29, 0.717) is 22.8 Å². The summed E-state index contributed by atoms with van der Waals surface area (Å²) in [6, 6.07) is 10.7. The third kappa shape index (κ3) is 5.66. The van der Waals surface area contributed by atoms with Crippen molar-refractivity contribution >= 4 is 33.7 Å². The number of halogens is 1. The molecule has 33 heavy (non-hydrogen) atoms. The zero-order chi connectivity index (χ0) is 24.0. The standard InChI is InChI=1S/C21H20BrN5O6/c1-31-17-8-14(9-18(32-2)20(17)33-3)10-23-24-21(28)19-16(27(29)30)12-26(25-19)11-13-5-4-6-15(22)7-13/h4-10,12H,11H2,1-3H3,(H,24,28)/b23-10+. The van der Waals surface area contributed by atoms with Crippen LogP contribution in [0.3, 0.4) is 0 Å². The first-order chi connectivity index (χ1) is 15.9. The van der Waals surface area contributed by atoms with Gasteiger partial charge in [0.15, 0.2) is 11.5 Å². The lowest BCUT2D eigenvalue weighted by atomic mass is 10.2. The molecule has 0 aliphatic carbocycles. The second-order valence-electron chi connectivity index (χ2n) is 6.61. The lowest BCUT2D eigenvalue weighted by Gasteiger charge is -2.12. The van der Waals surface area contributed by atoms with Crippen molar-refractivity contribution in [2.75, 3.05) is 21.3 Å². The number of nitrogens with zero attached hydrogens (tertiary/aromatic N) is 4. The molecular weight excluding hydrogens is 498 g/mol. The van der Waals surface area contributed by atoms with Crippen LogP contribution in [0.1, 0.15) is 21.6 Å². The molecule has 0 aliphatic heterocycles. The van der Waals surface area contributed by atoms with Gasteiger partial charge in [0.1, 0.15) is 6.20 Å². The molecular formula is C21H20BrN5O6. The first-order valence-electron chi connectivity index (χ1n) is 9.46. The molecule has 1 N–H and O–H groups in total. The summed E-state index contributed by atoms with van der Waals surface area (Å²) in [6.07, 6.45) is 2.55. The van der Waals surface area contributed by atoms with Crippen LogP contribution in [0, 0.1) is 10.1 Å². The maximum atomic E-state index is 12.5. The number of hydrogen-bond acceptors (Lipinski definition) is 8. The van der Waals surface area contributed by atoms with Gasteiger partial charge in [0.05, 0.1) is 39.0 Å². The number of benzene rings is 2. The lowest BCUT2D eigenvalue weighted by Crippen LogP contribution is -2.19. The Hall–Kier alpha value is -3.93. The van der Waals surface area contributed by atoms with Crippen molar-refractivity contribution in [1.29, 1.82) is 0 Å². The number of hydrogen-bond donors (Lipinski definition) is 1. The van der Waals surface area contributed by atoms with Gasteiger partial charge in [-0.2, -0.15) is 10.2 Å². The van der Waals surface area contributed by atoms with Gasteiger partial charge < -0.3 is 14.2 Å². The molecule has 0 radical (unpaired) electrons. The number of amides is 1. The smallest absolute Gasteiger partial charge is 0.320 e. The van der Waals surface area contributed by atoms with Crippen molar-refractivity contribution in [3.63, 3.8) is 0 Å². The Morgan fingerprint density at radius 1 is 1.21 bits per heavy atom. The van der Waals surface area contributed by atoms with E-state index in [0.717, 1.165) is 10.0 Å². The SMILES string of the molecule is COc1cc(/C=N/NC(=O)c2nn(Cc3cccc(Br)c3)cc2[N+](=O)[O-])cc(OC)c1OC. The van der Waals surface area contributed by atoms with Gasteiger partial charge >= 0.3 is 5.69 Å². The van der Waals surface area contributed by atoms with E-state index >= 15 is 0 Å². The van der Waals surface area contributed by atoms with Crippen LogP contribution in [-0.4, -0.2) is 48.2 Å². The minimum Gasteiger partial charge on any atom is -0.493 e. The highest BCUT2D eigenvalue weighted by atomic mass is 79.9. The van der Waals surface area contributed by atoms with E-state index in [9.17, 15) is 14.9 Å². The average Bonchev–Trinajstić information content (AvgIpc) is 3.22. The van der Waals surface area contributed by atoms with Crippen LogP contribution >= 0.6 is 15.9 Å². The number of ether oxygens (including phenoxy) is 3. The number of aromatic nitrogens is 2. The van der Waals surface area contributed by atoms with E-state index in [-0.39, 0.29) is 12.2 Å². The highest BCUT2D eigenvalue weighted by Gasteiger charge is 2.25. The Bertz CT molecular complexity index is 1180. The van der Waals surface area contributed by atoms with Gasteiger partial charge in [0.25, 0.3) is 5.91 Å². The Kier molecular flexibility index (Phi) is 7.61. The van der Waals surface area contributed by atoms with E-state index in [1.54, 1.807) is 12.1 Å². The van der Waals surface area contributed by atoms with Gasteiger partial charge in [-0.25, -0.2) is 5.43 Å². The van der Waals surface area contributed by atoms with E-state index in [1.807, 2.05) is 24.3 Å². The molecule has 3 aromatic rings. The topological polar surface area (TPSA) is 130 Å². The second-order valence-corrected chi connectivity index (χ2v) is 7.52. The molecule has 1 heterocycles. The Labute approximate surface area is 197 Å². The third-order valence-corrected chi connectivity index (χ3v) is 4.95. The first kappa shape index (κ1) is 23.7. The van der Waals surface area contributed by atoms with Gasteiger partial charge in [0.2, 0.25) is 11.4 Å². The lowest BCUT2D eigenvalue weighted by molar-refractivity contribution is -0.385. The summed E-state index contributed by atoms with van der Waals surface area (Å²) in [5.41, 5.74) is 2.88. The van der Waals surface area contributed by atoms with E-state index < -0.39 is 16.5 Å². The molecule has 1 aromatic heterocycles. The van der Waals surface area contributed by atoms with Gasteiger partial charge in [0, 0.05) is 10.0 Å². The molecule has 0 fully saturated rings. The monoisotopic (exact) mass is 517 g/mol. The fourth-order valence-corrected chi connectivity index (χ4v) is 3.45. The minimum absolute atomic E-state index is 0.252. The van der Waals surface area contributed by atoms with E-state index in [1.165, 1.54) is 38.4 Å². The molecule has 0 spiro atoms. The number of carbonyl (C=O) groups is 1. The summed E-state index contributed by atoms with van der Waals surface area (Å²) in [5, 5.41) is 19.4. The van der Waals surface area contributed by atoms with Crippen molar-refractivity contribution in [3.8, 4) is 17.2 Å². The summed E-state index contributed by atoms with van der Waals surface area (Å²) in [6.45, 7) is 0.252. The zero-order valence-electron chi connectivity index (χ0n) is 17.9. The van der Waals surface area contributed by atoms with Crippen molar-refractivity contribution in [1.82, 2.24) is 15.2 Å². The van der Waals surface area contributed by atoms with Crippen molar-refractivity contribution < 1.29 is 23.9 Å². The molecule has 0 unspecified atom stereocenters. The first-order valence-corrected chi connectivity index (χ1v) is 10.2. The zero-order valence-corrected chi connectivity index (χ0v) is 19.5. The number of hydrazone groups is 1. The highest BCUT2D eigenvalue weighted by molar-refractivity contribution is 9.10. The quantitative estimate of drug-likeness (QED) is 0.261. The van der Waals surface area contributed by atoms with Crippen LogP contribution in [-0.2, 0) is 6.54 Å². The fraction of sp³-hybridized carbons (Fsp3) is 0.190. The van der Waals surface area contributed by atoms with Crippen molar-refractivity contribution in [3.05, 3.63) is 74.0 Å². The average molecular weight is 518 g/mol. The molecule has 0 saturated carbocycles. The maximum absolute atomic E-state index is 12.5. The van der Waals surface area contributed by atoms with Crippen LogP contribution in [0.4, 0.5) is 5.69 Å². The summed E-state index contributed by atoms with van der Waals surface area (Å²) in [7, 11) is 4.43.